The first kappa shape index (κ1) is 20.3. The zero-order chi connectivity index (χ0) is 21.1. The highest BCUT2D eigenvalue weighted by molar-refractivity contribution is 7.15. The Balaban J connectivity index is 1.38. The topological polar surface area (TPSA) is 76.9 Å². The molecular formula is C22H19ClN4O2S. The summed E-state index contributed by atoms with van der Waals surface area (Å²) in [4.78, 5) is 34.7. The van der Waals surface area contributed by atoms with Crippen molar-refractivity contribution < 1.29 is 4.79 Å². The highest BCUT2D eigenvalue weighted by Crippen LogP contribution is 2.32. The molecule has 30 heavy (non-hydrogen) atoms. The van der Waals surface area contributed by atoms with E-state index in [1.54, 1.807) is 18.2 Å². The Morgan fingerprint density at radius 2 is 1.93 bits per heavy atom. The van der Waals surface area contributed by atoms with Gasteiger partial charge in [-0.2, -0.15) is 0 Å². The average molecular weight is 439 g/mol. The number of benzene rings is 2. The molecule has 2 aromatic heterocycles. The first-order valence-electron chi connectivity index (χ1n) is 9.45. The summed E-state index contributed by atoms with van der Waals surface area (Å²) in [6.45, 7) is 2.57. The number of para-hydroxylation sites is 1. The van der Waals surface area contributed by atoms with Crippen LogP contribution < -0.4 is 10.9 Å². The van der Waals surface area contributed by atoms with Crippen LogP contribution in [0.3, 0.4) is 0 Å². The van der Waals surface area contributed by atoms with E-state index < -0.39 is 0 Å². The molecule has 152 valence electrons. The van der Waals surface area contributed by atoms with Crippen molar-refractivity contribution in [1.82, 2.24) is 19.9 Å². The Morgan fingerprint density at radius 3 is 2.77 bits per heavy atom. The molecule has 0 atom stereocenters. The van der Waals surface area contributed by atoms with Crippen LogP contribution in [0, 0.1) is 6.92 Å². The summed E-state index contributed by atoms with van der Waals surface area (Å²) in [7, 11) is 0. The van der Waals surface area contributed by atoms with Gasteiger partial charge in [-0.15, -0.1) is 11.3 Å². The summed E-state index contributed by atoms with van der Waals surface area (Å²) < 4.78 is 1.47. The number of thiazole rings is 1. The molecule has 4 aromatic rings. The Bertz CT molecular complexity index is 1280. The number of fused-ring (bicyclic) bond motifs is 1. The van der Waals surface area contributed by atoms with E-state index in [-0.39, 0.29) is 24.4 Å². The Labute approximate surface area is 182 Å². The Morgan fingerprint density at radius 1 is 1.17 bits per heavy atom. The lowest BCUT2D eigenvalue weighted by molar-refractivity contribution is -0.121. The molecule has 0 saturated heterocycles. The summed E-state index contributed by atoms with van der Waals surface area (Å²) in [5, 5.41) is 4.94. The number of carbonyl (C=O) groups excluding carboxylic acids is 1. The lowest BCUT2D eigenvalue weighted by Crippen LogP contribution is -2.27. The van der Waals surface area contributed by atoms with Crippen LogP contribution in [0.2, 0.25) is 5.02 Å². The van der Waals surface area contributed by atoms with Crippen LogP contribution in [-0.2, 0) is 17.9 Å². The van der Waals surface area contributed by atoms with Gasteiger partial charge in [0, 0.05) is 23.4 Å². The third-order valence-corrected chi connectivity index (χ3v) is 6.27. The number of nitrogens with zero attached hydrogens (tertiary/aromatic N) is 3. The maximum Gasteiger partial charge on any atom is 0.261 e. The molecule has 1 amide bonds. The normalized spacial score (nSPS) is 11.0. The fourth-order valence-corrected chi connectivity index (χ4v) is 4.42. The number of hydrogen-bond donors (Lipinski definition) is 1. The van der Waals surface area contributed by atoms with Gasteiger partial charge in [-0.3, -0.25) is 14.2 Å². The predicted octanol–water partition coefficient (Wildman–Crippen LogP) is 4.19. The second-order valence-corrected chi connectivity index (χ2v) is 8.29. The Kier molecular flexibility index (Phi) is 5.92. The number of aryl methyl sites for hydroxylation is 2. The van der Waals surface area contributed by atoms with E-state index in [1.165, 1.54) is 22.2 Å². The van der Waals surface area contributed by atoms with Crippen molar-refractivity contribution in [1.29, 1.82) is 0 Å². The van der Waals surface area contributed by atoms with Crippen LogP contribution in [0.4, 0.5) is 0 Å². The van der Waals surface area contributed by atoms with Gasteiger partial charge in [0.25, 0.3) is 5.56 Å². The van der Waals surface area contributed by atoms with Crippen molar-refractivity contribution in [2.24, 2.45) is 0 Å². The number of hydrogen-bond acceptors (Lipinski definition) is 5. The van der Waals surface area contributed by atoms with E-state index in [0.29, 0.717) is 22.5 Å². The van der Waals surface area contributed by atoms with Gasteiger partial charge >= 0.3 is 0 Å². The van der Waals surface area contributed by atoms with E-state index in [9.17, 15) is 9.59 Å². The summed E-state index contributed by atoms with van der Waals surface area (Å²) in [6.07, 6.45) is 1.68. The molecule has 2 aromatic carbocycles. The highest BCUT2D eigenvalue weighted by Gasteiger charge is 2.13. The van der Waals surface area contributed by atoms with Crippen LogP contribution in [0.15, 0.2) is 59.7 Å². The quantitative estimate of drug-likeness (QED) is 0.489. The van der Waals surface area contributed by atoms with Crippen LogP contribution in [0.1, 0.15) is 17.0 Å². The summed E-state index contributed by atoms with van der Waals surface area (Å²) >= 11 is 7.77. The number of halogens is 1. The first-order valence-corrected chi connectivity index (χ1v) is 10.6. The molecule has 0 radical (unpaired) electrons. The van der Waals surface area contributed by atoms with Crippen LogP contribution >= 0.6 is 22.9 Å². The second-order valence-electron chi connectivity index (χ2n) is 6.79. The number of carbonyl (C=O) groups is 1. The van der Waals surface area contributed by atoms with Crippen molar-refractivity contribution in [2.75, 3.05) is 0 Å². The van der Waals surface area contributed by atoms with Crippen LogP contribution in [-0.4, -0.2) is 20.4 Å². The summed E-state index contributed by atoms with van der Waals surface area (Å²) in [5.74, 6) is -0.137. The largest absolute Gasteiger partial charge is 0.351 e. The van der Waals surface area contributed by atoms with Crippen LogP contribution in [0.5, 0.6) is 0 Å². The molecule has 0 saturated carbocycles. The third kappa shape index (κ3) is 4.27. The molecule has 0 aliphatic rings. The predicted molar refractivity (Wildman–Crippen MR) is 120 cm³/mol. The van der Waals surface area contributed by atoms with E-state index in [1.807, 2.05) is 37.3 Å². The molecule has 1 N–H and O–H groups in total. The molecule has 2 heterocycles. The molecule has 0 spiro atoms. The highest BCUT2D eigenvalue weighted by atomic mass is 35.5. The van der Waals surface area contributed by atoms with Crippen molar-refractivity contribution in [3.63, 3.8) is 0 Å². The monoisotopic (exact) mass is 438 g/mol. The SMILES string of the molecule is Cc1nc(-c2ccccc2Cl)sc1CNC(=O)CCn1cnc2ccccc2c1=O. The van der Waals surface area contributed by atoms with Gasteiger partial charge < -0.3 is 5.32 Å². The van der Waals surface area contributed by atoms with Gasteiger partial charge in [-0.25, -0.2) is 9.97 Å². The zero-order valence-electron chi connectivity index (χ0n) is 16.3. The fraction of sp³-hybridized carbons (Fsp3) is 0.182. The minimum atomic E-state index is -0.143. The lowest BCUT2D eigenvalue weighted by Gasteiger charge is -2.07. The molecule has 4 rings (SSSR count). The fourth-order valence-electron chi connectivity index (χ4n) is 3.10. The van der Waals surface area contributed by atoms with Gasteiger partial charge in [0.05, 0.1) is 34.5 Å². The first-order chi connectivity index (χ1) is 14.5. The molecule has 6 nitrogen and oxygen atoms in total. The van der Waals surface area contributed by atoms with E-state index >= 15 is 0 Å². The summed E-state index contributed by atoms with van der Waals surface area (Å²) in [6, 6.07) is 14.7. The lowest BCUT2D eigenvalue weighted by atomic mass is 10.2. The molecular weight excluding hydrogens is 420 g/mol. The second kappa shape index (κ2) is 8.77. The van der Waals surface area contributed by atoms with Gasteiger partial charge in [0.15, 0.2) is 0 Å². The van der Waals surface area contributed by atoms with Crippen molar-refractivity contribution in [3.8, 4) is 10.6 Å². The number of rotatable bonds is 6. The molecule has 0 fully saturated rings. The van der Waals surface area contributed by atoms with Crippen molar-refractivity contribution in [2.45, 2.75) is 26.4 Å². The van der Waals surface area contributed by atoms with E-state index in [2.05, 4.69) is 15.3 Å². The molecule has 8 heteroatoms. The molecule has 0 unspecified atom stereocenters. The molecule has 0 bridgehead atoms. The van der Waals surface area contributed by atoms with Crippen molar-refractivity contribution in [3.05, 3.63) is 80.8 Å². The van der Waals surface area contributed by atoms with E-state index in [4.69, 9.17) is 11.6 Å². The molecule has 0 aliphatic heterocycles. The molecule has 0 aliphatic carbocycles. The number of nitrogens with one attached hydrogen (secondary N) is 1. The minimum Gasteiger partial charge on any atom is -0.351 e. The maximum atomic E-state index is 12.5. The van der Waals surface area contributed by atoms with Gasteiger partial charge in [0.2, 0.25) is 5.91 Å². The van der Waals surface area contributed by atoms with Crippen LogP contribution in [0.25, 0.3) is 21.5 Å². The summed E-state index contributed by atoms with van der Waals surface area (Å²) in [5.41, 5.74) is 2.26. The number of aromatic nitrogens is 3. The maximum absolute atomic E-state index is 12.5. The smallest absolute Gasteiger partial charge is 0.261 e. The Hall–Kier alpha value is -3.03. The standard InChI is InChI=1S/C22H19ClN4O2S/c1-14-19(30-21(26-14)15-6-2-4-8-17(15)23)12-24-20(28)10-11-27-13-25-18-9-5-3-7-16(18)22(27)29/h2-9,13H,10-12H2,1H3,(H,24,28). The third-order valence-electron chi connectivity index (χ3n) is 4.75. The number of amides is 1. The zero-order valence-corrected chi connectivity index (χ0v) is 17.8. The van der Waals surface area contributed by atoms with Gasteiger partial charge in [0.1, 0.15) is 5.01 Å². The van der Waals surface area contributed by atoms with Gasteiger partial charge in [-0.05, 0) is 25.1 Å². The minimum absolute atomic E-state index is 0.137. The van der Waals surface area contributed by atoms with Gasteiger partial charge in [-0.1, -0.05) is 41.9 Å². The van der Waals surface area contributed by atoms with E-state index in [0.717, 1.165) is 21.1 Å². The van der Waals surface area contributed by atoms with Crippen molar-refractivity contribution >= 4 is 39.7 Å². The average Bonchev–Trinajstić information content (AvgIpc) is 3.12.